The van der Waals surface area contributed by atoms with Crippen LogP contribution < -0.4 is 10.6 Å². The molecule has 0 bridgehead atoms. The lowest BCUT2D eigenvalue weighted by Crippen LogP contribution is -2.19. The molecule has 1 atom stereocenters. The normalized spacial score (nSPS) is 17.2. The molecule has 6 heteroatoms. The van der Waals surface area contributed by atoms with E-state index in [9.17, 15) is 4.79 Å². The van der Waals surface area contributed by atoms with Gasteiger partial charge in [0.1, 0.15) is 0 Å². The monoisotopic (exact) mass is 586 g/mol. The highest BCUT2D eigenvalue weighted by atomic mass is 79.9. The molecule has 0 amide bonds. The number of anilines is 2. The first-order valence-corrected chi connectivity index (χ1v) is 11.6. The fourth-order valence-corrected chi connectivity index (χ4v) is 3.95. The van der Waals surface area contributed by atoms with Gasteiger partial charge in [0, 0.05) is 30.4 Å². The molecule has 1 aliphatic rings. The van der Waals surface area contributed by atoms with Crippen molar-refractivity contribution in [1.29, 1.82) is 0 Å². The number of rotatable bonds is 5. The number of Topliss-reactive ketones (excluding diaryl/α,β-unsaturated/α-hetero) is 1. The summed E-state index contributed by atoms with van der Waals surface area (Å²) in [6.45, 7) is 0. The predicted octanol–water partition coefficient (Wildman–Crippen LogP) is 7.42. The average Bonchev–Trinajstić information content (AvgIpc) is 3.02. The van der Waals surface area contributed by atoms with Gasteiger partial charge >= 0.3 is 0 Å². The molecule has 0 fully saturated rings. The van der Waals surface area contributed by atoms with Crippen molar-refractivity contribution in [3.63, 3.8) is 0 Å². The molecule has 0 spiro atoms. The molecule has 0 heterocycles. The molecule has 0 saturated heterocycles. The Morgan fingerprint density at radius 1 is 0.700 bits per heavy atom. The van der Waals surface area contributed by atoms with Gasteiger partial charge in [-0.1, -0.05) is 59.9 Å². The van der Waals surface area contributed by atoms with Crippen LogP contribution in [0.4, 0.5) is 11.4 Å². The number of nitrogens with one attached hydrogen (secondary N) is 2. The first kappa shape index (κ1) is 21.1. The van der Waals surface area contributed by atoms with E-state index in [1.165, 1.54) is 0 Å². The van der Waals surface area contributed by atoms with Gasteiger partial charge in [0.05, 0.1) is 11.7 Å². The lowest BCUT2D eigenvalue weighted by molar-refractivity contribution is -0.111. The first-order chi connectivity index (χ1) is 14.5. The number of ketones is 1. The van der Waals surface area contributed by atoms with Crippen LogP contribution in [0.25, 0.3) is 6.08 Å². The Hall–Kier alpha value is -2.15. The van der Waals surface area contributed by atoms with Gasteiger partial charge < -0.3 is 10.6 Å². The maximum atomic E-state index is 13.2. The minimum atomic E-state index is -0.236. The Balaban J connectivity index is 1.65. The van der Waals surface area contributed by atoms with Gasteiger partial charge in [0.15, 0.2) is 0 Å². The average molecular weight is 589 g/mol. The third kappa shape index (κ3) is 5.12. The summed E-state index contributed by atoms with van der Waals surface area (Å²) in [5.41, 5.74) is 4.04. The van der Waals surface area contributed by atoms with Crippen molar-refractivity contribution >= 4 is 71.0 Å². The Morgan fingerprint density at radius 2 is 1.20 bits per heavy atom. The van der Waals surface area contributed by atoms with Crippen LogP contribution in [0, 0.1) is 0 Å². The number of benzene rings is 3. The van der Waals surface area contributed by atoms with Gasteiger partial charge in [-0.25, -0.2) is 0 Å². The fraction of sp³-hybridized carbons (Fsp3) is 0.0417. The topological polar surface area (TPSA) is 41.1 Å². The summed E-state index contributed by atoms with van der Waals surface area (Å²) in [6, 6.07) is 23.4. The standard InChI is InChI=1S/C24H17Br3N2O/c25-16-3-1-15(2-4-16)13-21-22(28-19-9-5-17(26)6-10-19)14-23(24(21)30)29-20-11-7-18(27)8-12-20/h1-14,22,28-29H/b21-13-. The van der Waals surface area contributed by atoms with E-state index in [-0.39, 0.29) is 11.8 Å². The summed E-state index contributed by atoms with van der Waals surface area (Å²) < 4.78 is 3.00. The number of carbonyl (C=O) groups is 1. The van der Waals surface area contributed by atoms with Crippen molar-refractivity contribution in [2.24, 2.45) is 0 Å². The third-order valence-corrected chi connectivity index (χ3v) is 6.24. The van der Waals surface area contributed by atoms with Crippen LogP contribution in [-0.2, 0) is 4.79 Å². The molecule has 2 N–H and O–H groups in total. The number of hydrogen-bond donors (Lipinski definition) is 2. The van der Waals surface area contributed by atoms with Crippen molar-refractivity contribution in [3.05, 3.63) is 109 Å². The fourth-order valence-electron chi connectivity index (χ4n) is 3.16. The second kappa shape index (κ2) is 9.33. The molecule has 4 rings (SSSR count). The van der Waals surface area contributed by atoms with Crippen molar-refractivity contribution in [1.82, 2.24) is 0 Å². The summed E-state index contributed by atoms with van der Waals surface area (Å²) in [6.07, 6.45) is 3.88. The summed E-state index contributed by atoms with van der Waals surface area (Å²) in [5, 5.41) is 6.72. The zero-order valence-electron chi connectivity index (χ0n) is 15.7. The molecule has 1 unspecified atom stereocenters. The molecule has 0 radical (unpaired) electrons. The lowest BCUT2D eigenvalue weighted by Gasteiger charge is -2.14. The molecule has 0 aliphatic heterocycles. The number of allylic oxidation sites excluding steroid dienone is 1. The highest BCUT2D eigenvalue weighted by Gasteiger charge is 2.30. The van der Waals surface area contributed by atoms with Crippen LogP contribution in [0.15, 0.2) is 104 Å². The predicted molar refractivity (Wildman–Crippen MR) is 135 cm³/mol. The van der Waals surface area contributed by atoms with E-state index in [1.807, 2.05) is 84.9 Å². The smallest absolute Gasteiger partial charge is 0.207 e. The molecule has 0 saturated carbocycles. The van der Waals surface area contributed by atoms with Gasteiger partial charge in [-0.2, -0.15) is 0 Å². The zero-order chi connectivity index (χ0) is 21.1. The van der Waals surface area contributed by atoms with Crippen LogP contribution in [0.3, 0.4) is 0 Å². The molecular weight excluding hydrogens is 572 g/mol. The minimum Gasteiger partial charge on any atom is -0.374 e. The molecule has 3 aromatic carbocycles. The summed E-state index contributed by atoms with van der Waals surface area (Å²) in [7, 11) is 0. The molecule has 3 nitrogen and oxygen atoms in total. The van der Waals surface area contributed by atoms with Crippen molar-refractivity contribution < 1.29 is 4.79 Å². The van der Waals surface area contributed by atoms with Gasteiger partial charge in [0.25, 0.3) is 0 Å². The van der Waals surface area contributed by atoms with E-state index in [0.29, 0.717) is 11.3 Å². The SMILES string of the molecule is O=C1C(Nc2ccc(Br)cc2)=CC(Nc2ccc(Br)cc2)/C1=C/c1ccc(Br)cc1. The van der Waals surface area contributed by atoms with Crippen LogP contribution in [0.2, 0.25) is 0 Å². The Morgan fingerprint density at radius 3 is 1.77 bits per heavy atom. The second-order valence-corrected chi connectivity index (χ2v) is 9.57. The Kier molecular flexibility index (Phi) is 6.56. The van der Waals surface area contributed by atoms with E-state index in [2.05, 4.69) is 58.4 Å². The first-order valence-electron chi connectivity index (χ1n) is 9.26. The van der Waals surface area contributed by atoms with Gasteiger partial charge in [-0.3, -0.25) is 4.79 Å². The van der Waals surface area contributed by atoms with E-state index >= 15 is 0 Å². The van der Waals surface area contributed by atoms with Gasteiger partial charge in [-0.05, 0) is 78.4 Å². The van der Waals surface area contributed by atoms with Crippen LogP contribution in [-0.4, -0.2) is 11.8 Å². The third-order valence-electron chi connectivity index (χ3n) is 4.66. The largest absolute Gasteiger partial charge is 0.374 e. The zero-order valence-corrected chi connectivity index (χ0v) is 20.5. The summed E-state index contributed by atoms with van der Waals surface area (Å²) in [5.74, 6) is -0.0181. The summed E-state index contributed by atoms with van der Waals surface area (Å²) in [4.78, 5) is 13.2. The highest BCUT2D eigenvalue weighted by Crippen LogP contribution is 2.29. The Labute approximate surface area is 200 Å². The van der Waals surface area contributed by atoms with Gasteiger partial charge in [-0.15, -0.1) is 0 Å². The summed E-state index contributed by atoms with van der Waals surface area (Å²) >= 11 is 10.4. The van der Waals surface area contributed by atoms with Gasteiger partial charge in [0.2, 0.25) is 5.78 Å². The van der Waals surface area contributed by atoms with Crippen LogP contribution >= 0.6 is 47.8 Å². The molecule has 3 aromatic rings. The lowest BCUT2D eigenvalue weighted by atomic mass is 10.0. The molecule has 1 aliphatic carbocycles. The molecule has 150 valence electrons. The van der Waals surface area contributed by atoms with Crippen LogP contribution in [0.5, 0.6) is 0 Å². The van der Waals surface area contributed by atoms with Crippen molar-refractivity contribution in [2.45, 2.75) is 6.04 Å². The van der Waals surface area contributed by atoms with Crippen molar-refractivity contribution in [2.75, 3.05) is 10.6 Å². The number of carbonyl (C=O) groups excluding carboxylic acids is 1. The maximum absolute atomic E-state index is 13.2. The van der Waals surface area contributed by atoms with Crippen LogP contribution in [0.1, 0.15) is 5.56 Å². The van der Waals surface area contributed by atoms with E-state index in [0.717, 1.165) is 30.4 Å². The maximum Gasteiger partial charge on any atom is 0.207 e. The molecular formula is C24H17Br3N2O. The number of hydrogen-bond acceptors (Lipinski definition) is 3. The highest BCUT2D eigenvalue weighted by molar-refractivity contribution is 9.11. The minimum absolute atomic E-state index is 0.0181. The van der Waals surface area contributed by atoms with E-state index < -0.39 is 0 Å². The quantitative estimate of drug-likeness (QED) is 0.305. The van der Waals surface area contributed by atoms with E-state index in [4.69, 9.17) is 0 Å². The Bertz CT molecular complexity index is 1120. The molecule has 30 heavy (non-hydrogen) atoms. The van der Waals surface area contributed by atoms with E-state index in [1.54, 1.807) is 0 Å². The second-order valence-electron chi connectivity index (χ2n) is 6.82. The molecule has 0 aromatic heterocycles. The number of halogens is 3. The van der Waals surface area contributed by atoms with Crippen molar-refractivity contribution in [3.8, 4) is 0 Å².